The Morgan fingerprint density at radius 2 is 1.81 bits per heavy atom. The summed E-state index contributed by atoms with van der Waals surface area (Å²) in [6.45, 7) is 9.56. The van der Waals surface area contributed by atoms with Crippen molar-refractivity contribution in [3.63, 3.8) is 0 Å². The Labute approximate surface area is 129 Å². The van der Waals surface area contributed by atoms with E-state index in [0.717, 1.165) is 18.5 Å². The zero-order valence-corrected chi connectivity index (χ0v) is 14.6. The van der Waals surface area contributed by atoms with E-state index in [0.29, 0.717) is 11.4 Å². The van der Waals surface area contributed by atoms with Gasteiger partial charge in [0, 0.05) is 19.6 Å². The van der Waals surface area contributed by atoms with Crippen molar-refractivity contribution in [1.29, 1.82) is 0 Å². The summed E-state index contributed by atoms with van der Waals surface area (Å²) in [5.74, 6) is 0.273. The molecule has 0 saturated carbocycles. The molecule has 0 fully saturated rings. The summed E-state index contributed by atoms with van der Waals surface area (Å²) in [7, 11) is -1.79. The van der Waals surface area contributed by atoms with Crippen molar-refractivity contribution in [2.75, 3.05) is 13.6 Å². The number of hydrogen-bond acceptors (Lipinski definition) is 3. The van der Waals surface area contributed by atoms with E-state index in [1.54, 1.807) is 19.2 Å². The van der Waals surface area contributed by atoms with Crippen LogP contribution in [0.4, 0.5) is 0 Å². The van der Waals surface area contributed by atoms with Gasteiger partial charge in [-0.3, -0.25) is 0 Å². The zero-order chi connectivity index (χ0) is 16.0. The molecule has 4 nitrogen and oxygen atoms in total. The summed E-state index contributed by atoms with van der Waals surface area (Å²) in [4.78, 5) is 0.406. The van der Waals surface area contributed by atoms with E-state index in [2.05, 4.69) is 12.2 Å². The maximum atomic E-state index is 12.8. The lowest BCUT2D eigenvalue weighted by atomic mass is 10.1. The van der Waals surface area contributed by atoms with Gasteiger partial charge in [-0.15, -0.1) is 0 Å². The van der Waals surface area contributed by atoms with Gasteiger partial charge >= 0.3 is 0 Å². The van der Waals surface area contributed by atoms with Gasteiger partial charge in [0.15, 0.2) is 0 Å². The van der Waals surface area contributed by atoms with Crippen molar-refractivity contribution in [2.45, 2.75) is 51.6 Å². The molecule has 5 heteroatoms. The molecule has 0 bridgehead atoms. The minimum absolute atomic E-state index is 0.0355. The molecule has 0 aliphatic carbocycles. The molecule has 0 saturated heterocycles. The molecule has 0 amide bonds. The van der Waals surface area contributed by atoms with E-state index >= 15 is 0 Å². The standard InChI is InChI=1S/C16H28N2O2S/c1-6-11-17-12-15-9-7-8-10-16(15)21(19,20)18(5)14(4)13(2)3/h7-10,13-14,17H,6,11-12H2,1-5H3. The molecule has 1 N–H and O–H groups in total. The van der Waals surface area contributed by atoms with Crippen molar-refractivity contribution in [1.82, 2.24) is 9.62 Å². The second-order valence-electron chi connectivity index (χ2n) is 5.79. The van der Waals surface area contributed by atoms with Gasteiger partial charge in [0.25, 0.3) is 0 Å². The second-order valence-corrected chi connectivity index (χ2v) is 7.76. The molecule has 0 aliphatic heterocycles. The maximum absolute atomic E-state index is 12.8. The van der Waals surface area contributed by atoms with Crippen LogP contribution in [0.3, 0.4) is 0 Å². The van der Waals surface area contributed by atoms with Gasteiger partial charge in [0.1, 0.15) is 0 Å². The summed E-state index contributed by atoms with van der Waals surface area (Å²) in [6.07, 6.45) is 1.03. The van der Waals surface area contributed by atoms with Crippen molar-refractivity contribution in [3.05, 3.63) is 29.8 Å². The van der Waals surface area contributed by atoms with Gasteiger partial charge in [-0.25, -0.2) is 8.42 Å². The number of sulfonamides is 1. The van der Waals surface area contributed by atoms with Crippen LogP contribution in [0, 0.1) is 5.92 Å². The number of hydrogen-bond donors (Lipinski definition) is 1. The molecule has 1 atom stereocenters. The lowest BCUT2D eigenvalue weighted by molar-refractivity contribution is 0.315. The van der Waals surface area contributed by atoms with Gasteiger partial charge in [0.2, 0.25) is 10.0 Å². The molecule has 120 valence electrons. The average molecular weight is 312 g/mol. The van der Waals surface area contributed by atoms with Crippen molar-refractivity contribution < 1.29 is 8.42 Å². The van der Waals surface area contributed by atoms with Crippen molar-refractivity contribution in [3.8, 4) is 0 Å². The number of benzene rings is 1. The highest BCUT2D eigenvalue weighted by molar-refractivity contribution is 7.89. The minimum atomic E-state index is -3.46. The summed E-state index contributed by atoms with van der Waals surface area (Å²) >= 11 is 0. The summed E-state index contributed by atoms with van der Waals surface area (Å²) in [5.41, 5.74) is 0.828. The highest BCUT2D eigenvalue weighted by atomic mass is 32.2. The molecule has 0 aliphatic rings. The molecule has 21 heavy (non-hydrogen) atoms. The molecular weight excluding hydrogens is 284 g/mol. The predicted molar refractivity (Wildman–Crippen MR) is 87.7 cm³/mol. The van der Waals surface area contributed by atoms with Crippen LogP contribution in [0.25, 0.3) is 0 Å². The lowest BCUT2D eigenvalue weighted by Crippen LogP contribution is -2.38. The highest BCUT2D eigenvalue weighted by Gasteiger charge is 2.28. The van der Waals surface area contributed by atoms with E-state index in [1.807, 2.05) is 32.9 Å². The summed E-state index contributed by atoms with van der Waals surface area (Å²) in [6, 6.07) is 7.20. The molecule has 1 unspecified atom stereocenters. The number of rotatable bonds is 8. The topological polar surface area (TPSA) is 49.4 Å². The number of nitrogens with zero attached hydrogens (tertiary/aromatic N) is 1. The van der Waals surface area contributed by atoms with Crippen molar-refractivity contribution >= 4 is 10.0 Å². The molecule has 1 aromatic carbocycles. The van der Waals surface area contributed by atoms with Gasteiger partial charge in [-0.05, 0) is 37.4 Å². The van der Waals surface area contributed by atoms with Gasteiger partial charge in [0.05, 0.1) is 4.90 Å². The van der Waals surface area contributed by atoms with Crippen LogP contribution in [-0.4, -0.2) is 32.4 Å². The van der Waals surface area contributed by atoms with Crippen LogP contribution in [0.5, 0.6) is 0 Å². The van der Waals surface area contributed by atoms with Crippen LogP contribution < -0.4 is 5.32 Å². The Balaban J connectivity index is 3.08. The molecule has 0 aromatic heterocycles. The molecule has 0 spiro atoms. The number of nitrogens with one attached hydrogen (secondary N) is 1. The molecule has 0 heterocycles. The molecular formula is C16H28N2O2S. The Bertz CT molecular complexity index is 541. The average Bonchev–Trinajstić information content (AvgIpc) is 2.46. The normalized spacial score (nSPS) is 13.9. The first-order chi connectivity index (χ1) is 9.82. The van der Waals surface area contributed by atoms with E-state index in [1.165, 1.54) is 4.31 Å². The fourth-order valence-corrected chi connectivity index (χ4v) is 3.81. The lowest BCUT2D eigenvalue weighted by Gasteiger charge is -2.28. The Morgan fingerprint density at radius 3 is 2.38 bits per heavy atom. The first-order valence-electron chi connectivity index (χ1n) is 7.59. The van der Waals surface area contributed by atoms with Gasteiger partial charge in [-0.2, -0.15) is 4.31 Å². The first-order valence-corrected chi connectivity index (χ1v) is 9.03. The quantitative estimate of drug-likeness (QED) is 0.751. The molecule has 1 rings (SSSR count). The van der Waals surface area contributed by atoms with Gasteiger partial charge in [-0.1, -0.05) is 39.0 Å². The maximum Gasteiger partial charge on any atom is 0.243 e. The third-order valence-corrected chi connectivity index (χ3v) is 5.96. The fraction of sp³-hybridized carbons (Fsp3) is 0.625. The van der Waals surface area contributed by atoms with E-state index in [4.69, 9.17) is 0 Å². The third kappa shape index (κ3) is 4.53. The first kappa shape index (κ1) is 18.1. The third-order valence-electron chi connectivity index (χ3n) is 3.91. The van der Waals surface area contributed by atoms with Crippen LogP contribution in [0.1, 0.15) is 39.7 Å². The second kappa shape index (κ2) is 7.92. The smallest absolute Gasteiger partial charge is 0.243 e. The van der Waals surface area contributed by atoms with E-state index < -0.39 is 10.0 Å². The van der Waals surface area contributed by atoms with Crippen LogP contribution in [0.15, 0.2) is 29.2 Å². The van der Waals surface area contributed by atoms with Gasteiger partial charge < -0.3 is 5.32 Å². The fourth-order valence-electron chi connectivity index (χ4n) is 2.10. The molecule has 0 radical (unpaired) electrons. The van der Waals surface area contributed by atoms with Crippen molar-refractivity contribution in [2.24, 2.45) is 5.92 Å². The monoisotopic (exact) mass is 312 g/mol. The molecule has 1 aromatic rings. The Morgan fingerprint density at radius 1 is 1.19 bits per heavy atom. The highest BCUT2D eigenvalue weighted by Crippen LogP contribution is 2.23. The minimum Gasteiger partial charge on any atom is -0.313 e. The zero-order valence-electron chi connectivity index (χ0n) is 13.8. The Kier molecular flexibility index (Phi) is 6.84. The van der Waals surface area contributed by atoms with Crippen LogP contribution in [-0.2, 0) is 16.6 Å². The Hall–Kier alpha value is -0.910. The van der Waals surface area contributed by atoms with Crippen LogP contribution >= 0.6 is 0 Å². The largest absolute Gasteiger partial charge is 0.313 e. The summed E-state index contributed by atoms with van der Waals surface area (Å²) in [5, 5.41) is 3.27. The van der Waals surface area contributed by atoms with E-state index in [9.17, 15) is 8.42 Å². The summed E-state index contributed by atoms with van der Waals surface area (Å²) < 4.78 is 27.1. The predicted octanol–water partition coefficient (Wildman–Crippen LogP) is 2.85. The van der Waals surface area contributed by atoms with Crippen LogP contribution in [0.2, 0.25) is 0 Å². The SMILES string of the molecule is CCCNCc1ccccc1S(=O)(=O)N(C)C(C)C(C)C. The van der Waals surface area contributed by atoms with E-state index in [-0.39, 0.29) is 12.0 Å².